The fourth-order valence-electron chi connectivity index (χ4n) is 1.83. The maximum Gasteiger partial charge on any atom is 0.254 e. The average Bonchev–Trinajstić information content (AvgIpc) is 2.53. The Labute approximate surface area is 139 Å². The Kier molecular flexibility index (Phi) is 6.34. The molecule has 0 fully saturated rings. The number of carbonyl (C=O) groups excluding carboxylic acids is 1. The molecule has 1 heterocycles. The lowest BCUT2D eigenvalue weighted by molar-refractivity contribution is 0.0951. The molecular weight excluding hydrogens is 315 g/mol. The summed E-state index contributed by atoms with van der Waals surface area (Å²) in [6.07, 6.45) is 0. The van der Waals surface area contributed by atoms with E-state index >= 15 is 0 Å². The van der Waals surface area contributed by atoms with Crippen LogP contribution in [0.15, 0.2) is 41.4 Å². The summed E-state index contributed by atoms with van der Waals surface area (Å²) < 4.78 is 13.4. The first-order valence-electron chi connectivity index (χ1n) is 7.33. The van der Waals surface area contributed by atoms with E-state index in [0.29, 0.717) is 24.2 Å². The van der Waals surface area contributed by atoms with Crippen molar-refractivity contribution in [2.24, 2.45) is 0 Å². The predicted molar refractivity (Wildman–Crippen MR) is 90.2 cm³/mol. The number of hydrogen-bond donors (Lipinski definition) is 2. The third kappa shape index (κ3) is 5.52. The van der Waals surface area contributed by atoms with Crippen LogP contribution in [-0.4, -0.2) is 34.4 Å². The molecule has 1 aromatic carbocycles. The van der Waals surface area contributed by atoms with Gasteiger partial charge in [-0.2, -0.15) is 0 Å². The molecule has 0 saturated heterocycles. The minimum absolute atomic E-state index is 0.0438. The normalized spacial score (nSPS) is 10.6. The van der Waals surface area contributed by atoms with Crippen LogP contribution < -0.4 is 10.6 Å². The molecule has 0 aliphatic rings. The number of halogens is 1. The number of aromatic nitrogens is 2. The monoisotopic (exact) mass is 334 g/mol. The van der Waals surface area contributed by atoms with E-state index in [2.05, 4.69) is 34.7 Å². The van der Waals surface area contributed by atoms with Gasteiger partial charge in [-0.1, -0.05) is 26.0 Å². The van der Waals surface area contributed by atoms with Gasteiger partial charge >= 0.3 is 0 Å². The summed E-state index contributed by atoms with van der Waals surface area (Å²) in [5, 5.41) is 15.2. The van der Waals surface area contributed by atoms with Gasteiger partial charge in [0.2, 0.25) is 0 Å². The van der Waals surface area contributed by atoms with E-state index < -0.39 is 11.7 Å². The van der Waals surface area contributed by atoms with Crippen molar-refractivity contribution in [3.63, 3.8) is 0 Å². The molecule has 0 radical (unpaired) electrons. The summed E-state index contributed by atoms with van der Waals surface area (Å²) in [7, 11) is 0. The molecule has 0 unspecified atom stereocenters. The number of hydrogen-bond acceptors (Lipinski definition) is 5. The Morgan fingerprint density at radius 1 is 1.17 bits per heavy atom. The summed E-state index contributed by atoms with van der Waals surface area (Å²) in [6, 6.07) is 9.64. The minimum Gasteiger partial charge on any atom is -0.367 e. The molecule has 0 aliphatic heterocycles. The number of amides is 1. The molecule has 2 rings (SSSR count). The van der Waals surface area contributed by atoms with E-state index in [0.717, 1.165) is 5.03 Å². The van der Waals surface area contributed by atoms with Gasteiger partial charge in [0.15, 0.2) is 0 Å². The molecule has 0 saturated carbocycles. The Hall–Kier alpha value is -2.15. The number of nitrogens with one attached hydrogen (secondary N) is 2. The first kappa shape index (κ1) is 17.2. The summed E-state index contributed by atoms with van der Waals surface area (Å²) in [5.41, 5.74) is 0.0438. The van der Waals surface area contributed by atoms with Crippen molar-refractivity contribution in [3.05, 3.63) is 47.8 Å². The lowest BCUT2D eigenvalue weighted by atomic mass is 10.2. The molecule has 5 nitrogen and oxygen atoms in total. The van der Waals surface area contributed by atoms with Crippen molar-refractivity contribution in [2.45, 2.75) is 24.1 Å². The fraction of sp³-hybridized carbons (Fsp3) is 0.312. The van der Waals surface area contributed by atoms with Crippen LogP contribution in [-0.2, 0) is 0 Å². The summed E-state index contributed by atoms with van der Waals surface area (Å²) in [6.45, 7) is 5.02. The van der Waals surface area contributed by atoms with Gasteiger partial charge < -0.3 is 10.6 Å². The van der Waals surface area contributed by atoms with Gasteiger partial charge in [0.1, 0.15) is 16.7 Å². The van der Waals surface area contributed by atoms with Crippen LogP contribution in [0.4, 0.5) is 10.2 Å². The van der Waals surface area contributed by atoms with Crippen molar-refractivity contribution in [3.8, 4) is 0 Å². The van der Waals surface area contributed by atoms with E-state index in [1.54, 1.807) is 23.9 Å². The van der Waals surface area contributed by atoms with Crippen molar-refractivity contribution in [1.29, 1.82) is 0 Å². The largest absolute Gasteiger partial charge is 0.367 e. The van der Waals surface area contributed by atoms with E-state index in [4.69, 9.17) is 0 Å². The van der Waals surface area contributed by atoms with Crippen LogP contribution in [0, 0.1) is 5.82 Å². The summed E-state index contributed by atoms with van der Waals surface area (Å²) in [5.74, 6) is -0.319. The highest BCUT2D eigenvalue weighted by molar-refractivity contribution is 7.99. The van der Waals surface area contributed by atoms with Gasteiger partial charge in [-0.25, -0.2) is 4.39 Å². The number of nitrogens with zero attached hydrogens (tertiary/aromatic N) is 2. The van der Waals surface area contributed by atoms with Gasteiger partial charge in [-0.3, -0.25) is 4.79 Å². The number of benzene rings is 1. The Bertz CT molecular complexity index is 649. The van der Waals surface area contributed by atoms with Crippen molar-refractivity contribution in [2.75, 3.05) is 18.4 Å². The third-order valence-electron chi connectivity index (χ3n) is 2.83. The second kappa shape index (κ2) is 8.47. The standard InChI is InChI=1S/C16H19FN4OS/c1-11(2)23-15-8-7-14(20-21-15)18-9-10-19-16(22)12-5-3-4-6-13(12)17/h3-8,11H,9-10H2,1-2H3,(H,18,20)(H,19,22). The molecule has 0 bridgehead atoms. The van der Waals surface area contributed by atoms with Crippen LogP contribution in [0.2, 0.25) is 0 Å². The van der Waals surface area contributed by atoms with E-state index in [9.17, 15) is 9.18 Å². The Balaban J connectivity index is 1.75. The van der Waals surface area contributed by atoms with E-state index in [-0.39, 0.29) is 5.56 Å². The second-order valence-corrected chi connectivity index (χ2v) is 6.68. The molecule has 1 amide bonds. The molecule has 0 atom stereocenters. The minimum atomic E-state index is -0.526. The molecule has 23 heavy (non-hydrogen) atoms. The quantitative estimate of drug-likeness (QED) is 0.602. The van der Waals surface area contributed by atoms with Crippen LogP contribution in [0.1, 0.15) is 24.2 Å². The van der Waals surface area contributed by atoms with Crippen LogP contribution >= 0.6 is 11.8 Å². The maximum absolute atomic E-state index is 13.4. The molecule has 1 aromatic heterocycles. The van der Waals surface area contributed by atoms with E-state index in [1.807, 2.05) is 12.1 Å². The first-order chi connectivity index (χ1) is 11.1. The van der Waals surface area contributed by atoms with Gasteiger partial charge in [0, 0.05) is 18.3 Å². The third-order valence-corrected chi connectivity index (χ3v) is 3.76. The molecule has 2 N–H and O–H groups in total. The Morgan fingerprint density at radius 3 is 2.61 bits per heavy atom. The maximum atomic E-state index is 13.4. The van der Waals surface area contributed by atoms with Crippen LogP contribution in [0.25, 0.3) is 0 Å². The molecule has 0 aliphatic carbocycles. The zero-order valence-corrected chi connectivity index (χ0v) is 13.9. The van der Waals surface area contributed by atoms with Gasteiger partial charge in [0.25, 0.3) is 5.91 Å². The number of thioether (sulfide) groups is 1. The topological polar surface area (TPSA) is 66.9 Å². The lowest BCUT2D eigenvalue weighted by Gasteiger charge is -2.08. The predicted octanol–water partition coefficient (Wildman–Crippen LogP) is 2.96. The molecule has 122 valence electrons. The van der Waals surface area contributed by atoms with Crippen molar-refractivity contribution >= 4 is 23.5 Å². The number of carbonyl (C=O) groups is 1. The van der Waals surface area contributed by atoms with Gasteiger partial charge in [-0.15, -0.1) is 22.0 Å². The van der Waals surface area contributed by atoms with Crippen molar-refractivity contribution in [1.82, 2.24) is 15.5 Å². The zero-order chi connectivity index (χ0) is 16.7. The highest BCUT2D eigenvalue weighted by Crippen LogP contribution is 2.20. The van der Waals surface area contributed by atoms with Crippen LogP contribution in [0.3, 0.4) is 0 Å². The van der Waals surface area contributed by atoms with Crippen LogP contribution in [0.5, 0.6) is 0 Å². The van der Waals surface area contributed by atoms with Crippen molar-refractivity contribution < 1.29 is 9.18 Å². The van der Waals surface area contributed by atoms with Gasteiger partial charge in [-0.05, 0) is 24.3 Å². The van der Waals surface area contributed by atoms with Gasteiger partial charge in [0.05, 0.1) is 5.56 Å². The molecule has 0 spiro atoms. The van der Waals surface area contributed by atoms with E-state index in [1.165, 1.54) is 12.1 Å². The molecular formula is C16H19FN4OS. The molecule has 7 heteroatoms. The summed E-state index contributed by atoms with van der Waals surface area (Å²) >= 11 is 1.64. The number of rotatable bonds is 7. The SMILES string of the molecule is CC(C)Sc1ccc(NCCNC(=O)c2ccccc2F)nn1. The second-order valence-electron chi connectivity index (χ2n) is 5.09. The lowest BCUT2D eigenvalue weighted by Crippen LogP contribution is -2.29. The Morgan fingerprint density at radius 2 is 1.96 bits per heavy atom. The zero-order valence-electron chi connectivity index (χ0n) is 13.0. The smallest absolute Gasteiger partial charge is 0.254 e. The highest BCUT2D eigenvalue weighted by atomic mass is 32.2. The fourth-order valence-corrected chi connectivity index (χ4v) is 2.54. The first-order valence-corrected chi connectivity index (χ1v) is 8.21. The highest BCUT2D eigenvalue weighted by Gasteiger charge is 2.09. The average molecular weight is 334 g/mol. The summed E-state index contributed by atoms with van der Waals surface area (Å²) in [4.78, 5) is 11.8. The number of anilines is 1. The molecule has 2 aromatic rings.